The van der Waals surface area contributed by atoms with Crippen molar-refractivity contribution in [2.75, 3.05) is 13.2 Å². The summed E-state index contributed by atoms with van der Waals surface area (Å²) in [5, 5.41) is 0. The lowest BCUT2D eigenvalue weighted by atomic mass is 10.0. The molecule has 1 saturated heterocycles. The lowest BCUT2D eigenvalue weighted by Gasteiger charge is -2.15. The van der Waals surface area contributed by atoms with Crippen molar-refractivity contribution in [1.82, 2.24) is 9.55 Å². The molecule has 19 heavy (non-hydrogen) atoms. The summed E-state index contributed by atoms with van der Waals surface area (Å²) in [5.74, 6) is 0.631. The summed E-state index contributed by atoms with van der Waals surface area (Å²) in [5.41, 5.74) is 7.34. The standard InChI is InChI=1S/C14H18FN3O/c1-2-6-18-12-5-3-4-10(15)13(12)17-14(18)9-7-19-8-11(9)16/h3-5,9,11H,2,6-8,16H2,1H3. The van der Waals surface area contributed by atoms with Gasteiger partial charge in [0.2, 0.25) is 0 Å². The fraction of sp³-hybridized carbons (Fsp3) is 0.500. The van der Waals surface area contributed by atoms with Crippen LogP contribution in [0.15, 0.2) is 18.2 Å². The lowest BCUT2D eigenvalue weighted by molar-refractivity contribution is 0.190. The minimum absolute atomic E-state index is 0.0540. The molecule has 1 aromatic heterocycles. The Morgan fingerprint density at radius 3 is 3.00 bits per heavy atom. The first-order valence-corrected chi connectivity index (χ1v) is 6.70. The molecule has 1 fully saturated rings. The number of rotatable bonds is 3. The van der Waals surface area contributed by atoms with Gasteiger partial charge in [-0.1, -0.05) is 13.0 Å². The summed E-state index contributed by atoms with van der Waals surface area (Å²) in [7, 11) is 0. The topological polar surface area (TPSA) is 53.1 Å². The van der Waals surface area contributed by atoms with Crippen LogP contribution in [0.1, 0.15) is 25.1 Å². The van der Waals surface area contributed by atoms with Gasteiger partial charge >= 0.3 is 0 Å². The van der Waals surface area contributed by atoms with Crippen LogP contribution < -0.4 is 5.73 Å². The van der Waals surface area contributed by atoms with Gasteiger partial charge in [-0.2, -0.15) is 0 Å². The van der Waals surface area contributed by atoms with Gasteiger partial charge in [0, 0.05) is 12.6 Å². The maximum Gasteiger partial charge on any atom is 0.151 e. The van der Waals surface area contributed by atoms with E-state index in [0.717, 1.165) is 24.3 Å². The summed E-state index contributed by atoms with van der Waals surface area (Å²) in [6.07, 6.45) is 0.970. The van der Waals surface area contributed by atoms with Crippen LogP contribution in [0, 0.1) is 5.82 Å². The Labute approximate surface area is 111 Å². The molecule has 1 aliphatic rings. The number of hydrogen-bond acceptors (Lipinski definition) is 3. The summed E-state index contributed by atoms with van der Waals surface area (Å²) in [6, 6.07) is 5.02. The number of benzene rings is 1. The number of aromatic nitrogens is 2. The van der Waals surface area contributed by atoms with Gasteiger partial charge in [-0.15, -0.1) is 0 Å². The van der Waals surface area contributed by atoms with E-state index in [2.05, 4.69) is 16.5 Å². The molecule has 2 N–H and O–H groups in total. The molecule has 0 aliphatic carbocycles. The first kappa shape index (κ1) is 12.6. The highest BCUT2D eigenvalue weighted by molar-refractivity contribution is 5.76. The van der Waals surface area contributed by atoms with Crippen molar-refractivity contribution in [3.8, 4) is 0 Å². The molecule has 2 atom stereocenters. The van der Waals surface area contributed by atoms with Gasteiger partial charge in [0.15, 0.2) is 5.82 Å². The highest BCUT2D eigenvalue weighted by atomic mass is 19.1. The highest BCUT2D eigenvalue weighted by Crippen LogP contribution is 2.28. The number of nitrogens with zero attached hydrogens (tertiary/aromatic N) is 2. The highest BCUT2D eigenvalue weighted by Gasteiger charge is 2.31. The predicted molar refractivity (Wildman–Crippen MR) is 71.5 cm³/mol. The second-order valence-electron chi connectivity index (χ2n) is 5.04. The van der Waals surface area contributed by atoms with Crippen molar-refractivity contribution in [1.29, 1.82) is 0 Å². The van der Waals surface area contributed by atoms with Crippen molar-refractivity contribution < 1.29 is 9.13 Å². The Kier molecular flexibility index (Phi) is 3.24. The quantitative estimate of drug-likeness (QED) is 0.921. The molecule has 0 saturated carbocycles. The number of ether oxygens (including phenoxy) is 1. The molecule has 5 heteroatoms. The zero-order valence-electron chi connectivity index (χ0n) is 11.0. The number of nitrogens with two attached hydrogens (primary N) is 1. The predicted octanol–water partition coefficient (Wildman–Crippen LogP) is 2.03. The molecular formula is C14H18FN3O. The van der Waals surface area contributed by atoms with Crippen LogP contribution >= 0.6 is 0 Å². The van der Waals surface area contributed by atoms with E-state index in [1.54, 1.807) is 6.07 Å². The van der Waals surface area contributed by atoms with Gasteiger partial charge in [0.1, 0.15) is 11.3 Å². The van der Waals surface area contributed by atoms with E-state index in [1.807, 2.05) is 6.07 Å². The van der Waals surface area contributed by atoms with Gasteiger partial charge in [-0.25, -0.2) is 9.37 Å². The molecule has 4 nitrogen and oxygen atoms in total. The van der Waals surface area contributed by atoms with Crippen molar-refractivity contribution >= 4 is 11.0 Å². The summed E-state index contributed by atoms with van der Waals surface area (Å²) >= 11 is 0. The SMILES string of the molecule is CCCn1c(C2COCC2N)nc2c(F)cccc21. The first-order chi connectivity index (χ1) is 9.22. The summed E-state index contributed by atoms with van der Waals surface area (Å²) < 4.78 is 21.4. The molecular weight excluding hydrogens is 245 g/mol. The van der Waals surface area contributed by atoms with Crippen LogP contribution in [0.5, 0.6) is 0 Å². The smallest absolute Gasteiger partial charge is 0.151 e. The van der Waals surface area contributed by atoms with Crippen molar-refractivity contribution in [3.63, 3.8) is 0 Å². The Morgan fingerprint density at radius 1 is 1.47 bits per heavy atom. The first-order valence-electron chi connectivity index (χ1n) is 6.70. The minimum atomic E-state index is -0.277. The maximum atomic E-state index is 13.9. The number of fused-ring (bicyclic) bond motifs is 1. The van der Waals surface area contributed by atoms with Crippen molar-refractivity contribution in [3.05, 3.63) is 29.8 Å². The Bertz CT molecular complexity index is 596. The van der Waals surface area contributed by atoms with E-state index in [0.29, 0.717) is 18.7 Å². The molecule has 0 amide bonds. The Hall–Kier alpha value is -1.46. The monoisotopic (exact) mass is 263 g/mol. The van der Waals surface area contributed by atoms with E-state index in [-0.39, 0.29) is 17.8 Å². The third-order valence-corrected chi connectivity index (χ3v) is 3.66. The summed E-state index contributed by atoms with van der Waals surface area (Å²) in [6.45, 7) is 4.02. The molecule has 1 aliphatic heterocycles. The van der Waals surface area contributed by atoms with Crippen molar-refractivity contribution in [2.24, 2.45) is 5.73 Å². The third kappa shape index (κ3) is 2.03. The Balaban J connectivity index is 2.17. The van der Waals surface area contributed by atoms with Crippen LogP contribution in [-0.2, 0) is 11.3 Å². The van der Waals surface area contributed by atoms with Crippen LogP contribution in [0.3, 0.4) is 0 Å². The number of halogens is 1. The van der Waals surface area contributed by atoms with Crippen LogP contribution in [0.4, 0.5) is 4.39 Å². The fourth-order valence-corrected chi connectivity index (χ4v) is 2.71. The van der Waals surface area contributed by atoms with Crippen LogP contribution in [0.25, 0.3) is 11.0 Å². The molecule has 102 valence electrons. The molecule has 0 radical (unpaired) electrons. The zero-order valence-corrected chi connectivity index (χ0v) is 11.0. The van der Waals surface area contributed by atoms with Gasteiger partial charge in [-0.05, 0) is 18.6 Å². The molecule has 1 aromatic carbocycles. The number of para-hydroxylation sites is 1. The number of hydrogen-bond donors (Lipinski definition) is 1. The van der Waals surface area contributed by atoms with Crippen LogP contribution in [-0.4, -0.2) is 28.8 Å². The Morgan fingerprint density at radius 2 is 2.32 bits per heavy atom. The molecule has 2 heterocycles. The summed E-state index contributed by atoms with van der Waals surface area (Å²) in [4.78, 5) is 4.49. The third-order valence-electron chi connectivity index (χ3n) is 3.66. The largest absolute Gasteiger partial charge is 0.379 e. The van der Waals surface area contributed by atoms with Gasteiger partial charge < -0.3 is 15.0 Å². The molecule has 3 rings (SSSR count). The zero-order chi connectivity index (χ0) is 13.4. The second-order valence-corrected chi connectivity index (χ2v) is 5.04. The number of imidazole rings is 1. The van der Waals surface area contributed by atoms with E-state index >= 15 is 0 Å². The molecule has 2 aromatic rings. The van der Waals surface area contributed by atoms with E-state index in [1.165, 1.54) is 6.07 Å². The van der Waals surface area contributed by atoms with Gasteiger partial charge in [-0.3, -0.25) is 0 Å². The average molecular weight is 263 g/mol. The number of aryl methyl sites for hydroxylation is 1. The second kappa shape index (κ2) is 4.90. The van der Waals surface area contributed by atoms with Crippen LogP contribution in [0.2, 0.25) is 0 Å². The molecule has 2 unspecified atom stereocenters. The van der Waals surface area contributed by atoms with E-state index < -0.39 is 0 Å². The van der Waals surface area contributed by atoms with Crippen molar-refractivity contribution in [2.45, 2.75) is 31.8 Å². The molecule has 0 spiro atoms. The molecule has 0 bridgehead atoms. The normalized spacial score (nSPS) is 23.3. The fourth-order valence-electron chi connectivity index (χ4n) is 2.71. The lowest BCUT2D eigenvalue weighted by Crippen LogP contribution is -2.29. The minimum Gasteiger partial charge on any atom is -0.379 e. The van der Waals surface area contributed by atoms with Gasteiger partial charge in [0.05, 0.1) is 24.6 Å². The average Bonchev–Trinajstić information content (AvgIpc) is 2.95. The van der Waals surface area contributed by atoms with E-state index in [4.69, 9.17) is 10.5 Å². The van der Waals surface area contributed by atoms with Gasteiger partial charge in [0.25, 0.3) is 0 Å². The van der Waals surface area contributed by atoms with E-state index in [9.17, 15) is 4.39 Å². The maximum absolute atomic E-state index is 13.9.